The fourth-order valence-corrected chi connectivity index (χ4v) is 3.01. The van der Waals surface area contributed by atoms with Gasteiger partial charge in [0.05, 0.1) is 12.8 Å². The number of nitrogens with one attached hydrogen (secondary N) is 1. The van der Waals surface area contributed by atoms with Gasteiger partial charge in [0, 0.05) is 10.4 Å². The van der Waals surface area contributed by atoms with Gasteiger partial charge in [0.2, 0.25) is 0 Å². The molecule has 0 radical (unpaired) electrons. The number of hydrogen-bond donors (Lipinski definition) is 1. The van der Waals surface area contributed by atoms with Crippen LogP contribution >= 0.6 is 11.3 Å². The first-order valence-electron chi connectivity index (χ1n) is 7.06. The highest BCUT2D eigenvalue weighted by molar-refractivity contribution is 7.16. The van der Waals surface area contributed by atoms with E-state index >= 15 is 0 Å². The first-order chi connectivity index (χ1) is 11.1. The van der Waals surface area contributed by atoms with Crippen molar-refractivity contribution in [3.8, 4) is 17.0 Å². The maximum Gasteiger partial charge on any atom is 0.293 e. The molecule has 0 atom stereocenters. The molecular formula is C17H16N2O3S. The average molecular weight is 328 g/mol. The minimum absolute atomic E-state index is 0.279. The molecule has 0 saturated carbocycles. The Bertz CT molecular complexity index is 834. The van der Waals surface area contributed by atoms with Crippen molar-refractivity contribution in [3.05, 3.63) is 52.8 Å². The second-order valence-electron chi connectivity index (χ2n) is 5.02. The van der Waals surface area contributed by atoms with Crippen LogP contribution in [0.2, 0.25) is 0 Å². The molecule has 0 bridgehead atoms. The number of furan rings is 1. The number of aromatic nitrogens is 1. The lowest BCUT2D eigenvalue weighted by Gasteiger charge is -2.01. The minimum Gasteiger partial charge on any atom is -0.497 e. The highest BCUT2D eigenvalue weighted by Gasteiger charge is 2.15. The number of aryl methyl sites for hydroxylation is 2. The summed E-state index contributed by atoms with van der Waals surface area (Å²) in [6.07, 6.45) is 0. The van der Waals surface area contributed by atoms with Crippen LogP contribution in [-0.4, -0.2) is 18.0 Å². The fraction of sp³-hybridized carbons (Fsp3) is 0.176. The van der Waals surface area contributed by atoms with Gasteiger partial charge >= 0.3 is 0 Å². The lowest BCUT2D eigenvalue weighted by Crippen LogP contribution is -2.10. The Labute approximate surface area is 137 Å². The molecule has 1 aromatic carbocycles. The number of hydrogen-bond acceptors (Lipinski definition) is 5. The van der Waals surface area contributed by atoms with Gasteiger partial charge in [0.15, 0.2) is 10.9 Å². The molecule has 0 saturated heterocycles. The van der Waals surface area contributed by atoms with Crippen LogP contribution in [0.1, 0.15) is 21.2 Å². The lowest BCUT2D eigenvalue weighted by molar-refractivity contribution is 0.0995. The standard InChI is InChI=1S/C17H16N2O3S/c1-10-4-9-14(22-10)16(20)19-17-18-15(11(2)23-17)12-5-7-13(21-3)8-6-12/h4-9H,1-3H3,(H,18,19,20). The number of amides is 1. The largest absolute Gasteiger partial charge is 0.497 e. The second kappa shape index (κ2) is 6.26. The number of methoxy groups -OCH3 is 1. The topological polar surface area (TPSA) is 64.4 Å². The van der Waals surface area contributed by atoms with E-state index in [1.807, 2.05) is 31.2 Å². The maximum absolute atomic E-state index is 12.1. The molecule has 118 valence electrons. The average Bonchev–Trinajstić information content (AvgIpc) is 3.13. The molecule has 0 fully saturated rings. The Morgan fingerprint density at radius 3 is 2.52 bits per heavy atom. The monoisotopic (exact) mass is 328 g/mol. The molecule has 0 unspecified atom stereocenters. The molecule has 0 aliphatic rings. The zero-order chi connectivity index (χ0) is 16.4. The van der Waals surface area contributed by atoms with Gasteiger partial charge in [-0.05, 0) is 50.2 Å². The Kier molecular flexibility index (Phi) is 4.16. The molecule has 3 aromatic rings. The van der Waals surface area contributed by atoms with Crippen LogP contribution in [-0.2, 0) is 0 Å². The van der Waals surface area contributed by atoms with E-state index in [2.05, 4.69) is 10.3 Å². The zero-order valence-corrected chi connectivity index (χ0v) is 13.9. The van der Waals surface area contributed by atoms with E-state index in [-0.39, 0.29) is 11.7 Å². The maximum atomic E-state index is 12.1. The molecule has 5 nitrogen and oxygen atoms in total. The SMILES string of the molecule is COc1ccc(-c2nc(NC(=O)c3ccc(C)o3)sc2C)cc1. The molecule has 6 heteroatoms. The number of rotatable bonds is 4. The third-order valence-electron chi connectivity index (χ3n) is 3.34. The number of carbonyl (C=O) groups excluding carboxylic acids is 1. The van der Waals surface area contributed by atoms with Crippen molar-refractivity contribution >= 4 is 22.4 Å². The van der Waals surface area contributed by atoms with Crippen molar-refractivity contribution in [1.82, 2.24) is 4.98 Å². The molecule has 1 N–H and O–H groups in total. The summed E-state index contributed by atoms with van der Waals surface area (Å²) in [5.74, 6) is 1.47. The van der Waals surface area contributed by atoms with Crippen LogP contribution in [0.25, 0.3) is 11.3 Å². The first-order valence-corrected chi connectivity index (χ1v) is 7.88. The quantitative estimate of drug-likeness (QED) is 0.776. The van der Waals surface area contributed by atoms with E-state index in [0.717, 1.165) is 21.9 Å². The Morgan fingerprint density at radius 1 is 1.17 bits per heavy atom. The van der Waals surface area contributed by atoms with Crippen LogP contribution in [0.15, 0.2) is 40.8 Å². The van der Waals surface area contributed by atoms with E-state index < -0.39 is 0 Å². The van der Waals surface area contributed by atoms with E-state index in [9.17, 15) is 4.79 Å². The van der Waals surface area contributed by atoms with Gasteiger partial charge in [0.1, 0.15) is 11.5 Å². The van der Waals surface area contributed by atoms with Gasteiger partial charge in [-0.15, -0.1) is 11.3 Å². The molecule has 0 spiro atoms. The highest BCUT2D eigenvalue weighted by atomic mass is 32.1. The lowest BCUT2D eigenvalue weighted by atomic mass is 10.1. The predicted molar refractivity (Wildman–Crippen MR) is 90.2 cm³/mol. The van der Waals surface area contributed by atoms with Gasteiger partial charge in [-0.2, -0.15) is 0 Å². The van der Waals surface area contributed by atoms with E-state index in [0.29, 0.717) is 10.9 Å². The van der Waals surface area contributed by atoms with Crippen LogP contribution in [0, 0.1) is 13.8 Å². The number of thiazole rings is 1. The molecule has 2 heterocycles. The number of ether oxygens (including phenoxy) is 1. The van der Waals surface area contributed by atoms with Gasteiger partial charge in [-0.25, -0.2) is 4.98 Å². The summed E-state index contributed by atoms with van der Waals surface area (Å²) >= 11 is 1.43. The van der Waals surface area contributed by atoms with Gasteiger partial charge in [-0.3, -0.25) is 10.1 Å². The summed E-state index contributed by atoms with van der Waals surface area (Å²) in [5, 5.41) is 3.32. The van der Waals surface area contributed by atoms with Crippen molar-refractivity contribution < 1.29 is 13.9 Å². The summed E-state index contributed by atoms with van der Waals surface area (Å²) in [7, 11) is 1.63. The molecule has 2 aromatic heterocycles. The van der Waals surface area contributed by atoms with Gasteiger partial charge in [-0.1, -0.05) is 0 Å². The Balaban J connectivity index is 1.81. The summed E-state index contributed by atoms with van der Waals surface area (Å²) < 4.78 is 10.5. The van der Waals surface area contributed by atoms with Crippen molar-refractivity contribution in [2.45, 2.75) is 13.8 Å². The van der Waals surface area contributed by atoms with Crippen LogP contribution in [0.3, 0.4) is 0 Å². The van der Waals surface area contributed by atoms with Crippen molar-refractivity contribution in [3.63, 3.8) is 0 Å². The smallest absolute Gasteiger partial charge is 0.293 e. The summed E-state index contributed by atoms with van der Waals surface area (Å²) in [6.45, 7) is 3.77. The van der Waals surface area contributed by atoms with Crippen molar-refractivity contribution in [1.29, 1.82) is 0 Å². The summed E-state index contributed by atoms with van der Waals surface area (Å²) in [4.78, 5) is 17.7. The number of benzene rings is 1. The fourth-order valence-electron chi connectivity index (χ4n) is 2.18. The molecule has 1 amide bonds. The van der Waals surface area contributed by atoms with E-state index in [1.165, 1.54) is 11.3 Å². The molecule has 3 rings (SSSR count). The molecule has 23 heavy (non-hydrogen) atoms. The Hall–Kier alpha value is -2.60. The molecule has 0 aliphatic heterocycles. The van der Waals surface area contributed by atoms with Crippen LogP contribution in [0.4, 0.5) is 5.13 Å². The number of nitrogens with zero attached hydrogens (tertiary/aromatic N) is 1. The summed E-state index contributed by atoms with van der Waals surface area (Å²) in [6, 6.07) is 11.1. The van der Waals surface area contributed by atoms with Gasteiger partial charge < -0.3 is 9.15 Å². The van der Waals surface area contributed by atoms with Crippen molar-refractivity contribution in [2.75, 3.05) is 12.4 Å². The third kappa shape index (κ3) is 3.27. The minimum atomic E-state index is -0.298. The molecule has 0 aliphatic carbocycles. The normalized spacial score (nSPS) is 10.6. The van der Waals surface area contributed by atoms with Gasteiger partial charge in [0.25, 0.3) is 5.91 Å². The highest BCUT2D eigenvalue weighted by Crippen LogP contribution is 2.31. The zero-order valence-electron chi connectivity index (χ0n) is 13.0. The number of anilines is 1. The molecular weight excluding hydrogens is 312 g/mol. The van der Waals surface area contributed by atoms with Crippen molar-refractivity contribution in [2.24, 2.45) is 0 Å². The first kappa shape index (κ1) is 15.3. The van der Waals surface area contributed by atoms with E-state index in [4.69, 9.17) is 9.15 Å². The third-order valence-corrected chi connectivity index (χ3v) is 4.23. The Morgan fingerprint density at radius 2 is 1.91 bits per heavy atom. The predicted octanol–water partition coefficient (Wildman–Crippen LogP) is 4.28. The van der Waals surface area contributed by atoms with Crippen LogP contribution in [0.5, 0.6) is 5.75 Å². The number of carbonyl (C=O) groups is 1. The van der Waals surface area contributed by atoms with E-state index in [1.54, 1.807) is 26.2 Å². The second-order valence-corrected chi connectivity index (χ2v) is 6.22. The summed E-state index contributed by atoms with van der Waals surface area (Å²) in [5.41, 5.74) is 1.83. The van der Waals surface area contributed by atoms with Crippen LogP contribution < -0.4 is 10.1 Å².